The molecular formula is C32H27BrCl10N8O2. The highest BCUT2D eigenvalue weighted by Crippen LogP contribution is 2.35. The predicted octanol–water partition coefficient (Wildman–Crippen LogP) is 10.2. The van der Waals surface area contributed by atoms with Gasteiger partial charge in [0.25, 0.3) is 11.8 Å². The maximum Gasteiger partial charge on any atom is 0.276 e. The van der Waals surface area contributed by atoms with E-state index in [0.717, 1.165) is 26.0 Å². The fourth-order valence-electron chi connectivity index (χ4n) is 5.50. The zero-order chi connectivity index (χ0) is 32.8. The quantitative estimate of drug-likeness (QED) is 0.133. The van der Waals surface area contributed by atoms with E-state index in [1.807, 2.05) is 18.2 Å². The summed E-state index contributed by atoms with van der Waals surface area (Å²) >= 11 is 28.4. The summed E-state index contributed by atoms with van der Waals surface area (Å²) in [4.78, 5) is 28.2. The van der Waals surface area contributed by atoms with Gasteiger partial charge < -0.3 is 0 Å². The van der Waals surface area contributed by atoms with Crippen LogP contribution in [0, 0.1) is 0 Å². The Labute approximate surface area is 369 Å². The van der Waals surface area contributed by atoms with Gasteiger partial charge in [-0.05, 0) is 59.0 Å². The highest BCUT2D eigenvalue weighted by atomic mass is 79.9. The molecule has 0 saturated heterocycles. The molecule has 0 atom stereocenters. The summed E-state index contributed by atoms with van der Waals surface area (Å²) < 4.78 is 4.04. The van der Waals surface area contributed by atoms with Gasteiger partial charge in [0.1, 0.15) is 0 Å². The number of rotatable bonds is 9. The molecule has 3 heterocycles. The number of carbonyl (C=O) groups is 2. The number of halogens is 11. The van der Waals surface area contributed by atoms with Crippen LogP contribution in [0.1, 0.15) is 43.2 Å². The van der Waals surface area contributed by atoms with Gasteiger partial charge in [-0.2, -0.15) is 5.01 Å². The number of benzene rings is 4. The van der Waals surface area contributed by atoms with Gasteiger partial charge in [0.15, 0.2) is 0 Å². The van der Waals surface area contributed by atoms with Gasteiger partial charge in [-0.15, -0.1) is 84.6 Å². The Hall–Kier alpha value is -2.10. The molecule has 0 radical (unpaired) electrons. The number of nitrogens with zero attached hydrogens (tertiary/aromatic N) is 8. The smallest absolute Gasteiger partial charge is 0.267 e. The molecule has 0 spiro atoms. The van der Waals surface area contributed by atoms with E-state index in [1.54, 1.807) is 75.3 Å². The summed E-state index contributed by atoms with van der Waals surface area (Å²) in [5, 5.41) is 23.4. The Morgan fingerprint density at radius 3 is 1.57 bits per heavy atom. The van der Waals surface area contributed by atoms with Crippen molar-refractivity contribution >= 4 is 159 Å². The predicted molar refractivity (Wildman–Crippen MR) is 226 cm³/mol. The molecule has 1 aliphatic heterocycles. The van der Waals surface area contributed by atoms with Crippen LogP contribution in [0.4, 0.5) is 0 Å². The van der Waals surface area contributed by atoms with Crippen molar-refractivity contribution in [3.05, 3.63) is 137 Å². The van der Waals surface area contributed by atoms with Gasteiger partial charge in [-0.3, -0.25) is 9.59 Å². The lowest BCUT2D eigenvalue weighted by molar-refractivity contribution is -0.0130. The van der Waals surface area contributed by atoms with Gasteiger partial charge in [0.2, 0.25) is 0 Å². The molecule has 0 saturated carbocycles. The van der Waals surface area contributed by atoms with E-state index >= 15 is 0 Å². The maximum absolute atomic E-state index is 14.1. The molecule has 0 aliphatic carbocycles. The van der Waals surface area contributed by atoms with E-state index in [1.165, 1.54) is 0 Å². The van der Waals surface area contributed by atoms with E-state index in [2.05, 4.69) is 36.6 Å². The molecular weight excluding hydrogens is 963 g/mol. The fourth-order valence-corrected chi connectivity index (χ4v) is 6.90. The van der Waals surface area contributed by atoms with Crippen LogP contribution >= 0.6 is 137 Å². The molecule has 7 rings (SSSR count). The second-order valence-corrected chi connectivity index (χ2v) is 13.4. The molecule has 2 amide bonds. The standard InChI is InChI=1S/C32H21BrCl4N8O2.6ClH/c33-27-9-8-26-30-24(27)2-1-3-25(30)31(46)45(32(26)47)44(16-22-14-42(40-38-22)12-18-4-6-20(34)10-28(18)36)17-23-15-43(41-39-23)13-19-5-7-21(35)11-29(19)37;;;;;;/h1-11,14-15H,12-13,16-17H2;6*1H. The van der Waals surface area contributed by atoms with Crippen LogP contribution in [0.25, 0.3) is 10.8 Å². The van der Waals surface area contributed by atoms with Crippen LogP contribution in [0.15, 0.2) is 83.6 Å². The molecule has 6 aromatic rings. The molecule has 2 aromatic heterocycles. The number of hydrogen-bond acceptors (Lipinski definition) is 7. The van der Waals surface area contributed by atoms with Crippen molar-refractivity contribution in [3.8, 4) is 0 Å². The minimum absolute atomic E-state index is 0. The number of imide groups is 1. The third kappa shape index (κ3) is 10.4. The van der Waals surface area contributed by atoms with Crippen molar-refractivity contribution in [3.63, 3.8) is 0 Å². The van der Waals surface area contributed by atoms with E-state index in [9.17, 15) is 9.59 Å². The lowest BCUT2D eigenvalue weighted by atomic mass is 9.95. The second kappa shape index (κ2) is 20.7. The minimum atomic E-state index is -0.466. The first-order valence-corrected chi connectivity index (χ1v) is 16.5. The lowest BCUT2D eigenvalue weighted by Crippen LogP contribution is -2.51. The number of hydrazine groups is 1. The number of aromatic nitrogens is 6. The van der Waals surface area contributed by atoms with Crippen LogP contribution < -0.4 is 0 Å². The van der Waals surface area contributed by atoms with E-state index in [-0.39, 0.29) is 87.5 Å². The average Bonchev–Trinajstić information content (AvgIpc) is 3.68. The summed E-state index contributed by atoms with van der Waals surface area (Å²) in [5.74, 6) is -0.932. The first kappa shape index (κ1) is 48.9. The van der Waals surface area contributed by atoms with Gasteiger partial charge in [-0.25, -0.2) is 14.4 Å². The van der Waals surface area contributed by atoms with Gasteiger partial charge in [0, 0.05) is 29.9 Å². The topological polar surface area (TPSA) is 102 Å². The Morgan fingerprint density at radius 2 is 1.09 bits per heavy atom. The maximum atomic E-state index is 14.1. The van der Waals surface area contributed by atoms with Crippen LogP contribution in [0.3, 0.4) is 0 Å². The highest BCUT2D eigenvalue weighted by molar-refractivity contribution is 9.10. The molecule has 0 bridgehead atoms. The SMILES string of the molecule is Cl.Cl.Cl.Cl.Cl.Cl.O=C1c2cccc3c(Br)ccc(c23)C(=O)N1N(Cc1cn(Cc2ccc(Cl)cc2Cl)nn1)Cc1cn(Cc2ccc(Cl)cc2Cl)nn1. The highest BCUT2D eigenvalue weighted by Gasteiger charge is 2.38. The summed E-state index contributed by atoms with van der Waals surface area (Å²) in [5.41, 5.74) is 3.45. The van der Waals surface area contributed by atoms with Crippen LogP contribution in [-0.4, -0.2) is 51.8 Å². The largest absolute Gasteiger partial charge is 0.276 e. The van der Waals surface area contributed by atoms with Crippen molar-refractivity contribution in [2.24, 2.45) is 0 Å². The normalized spacial score (nSPS) is 11.5. The molecule has 284 valence electrons. The Bertz CT molecular complexity index is 2100. The average molecular weight is 990 g/mol. The van der Waals surface area contributed by atoms with Gasteiger partial charge >= 0.3 is 0 Å². The summed E-state index contributed by atoms with van der Waals surface area (Å²) in [6.07, 6.45) is 3.48. The Kier molecular flexibility index (Phi) is 19.1. The number of amides is 2. The monoisotopic (exact) mass is 984 g/mol. The minimum Gasteiger partial charge on any atom is -0.267 e. The van der Waals surface area contributed by atoms with Crippen LogP contribution in [0.2, 0.25) is 20.1 Å². The molecule has 0 unspecified atom stereocenters. The fraction of sp³-hybridized carbons (Fsp3) is 0.125. The van der Waals surface area contributed by atoms with Crippen LogP contribution in [-0.2, 0) is 26.2 Å². The third-order valence-electron chi connectivity index (χ3n) is 7.67. The van der Waals surface area contributed by atoms with Crippen molar-refractivity contribution in [2.45, 2.75) is 26.2 Å². The Morgan fingerprint density at radius 1 is 0.623 bits per heavy atom. The van der Waals surface area contributed by atoms with Crippen molar-refractivity contribution in [2.75, 3.05) is 0 Å². The molecule has 1 aliphatic rings. The van der Waals surface area contributed by atoms with E-state index < -0.39 is 11.8 Å². The van der Waals surface area contributed by atoms with Crippen molar-refractivity contribution in [1.82, 2.24) is 40.0 Å². The first-order chi connectivity index (χ1) is 22.6. The summed E-state index contributed by atoms with van der Waals surface area (Å²) in [7, 11) is 0. The zero-order valence-corrected chi connectivity index (χ0v) is 36.1. The Balaban J connectivity index is 0.00000234. The molecule has 0 fully saturated rings. The zero-order valence-electron chi connectivity index (χ0n) is 26.6. The molecule has 10 nitrogen and oxygen atoms in total. The number of hydrogen-bond donors (Lipinski definition) is 0. The summed E-state index contributed by atoms with van der Waals surface area (Å²) in [6.45, 7) is 0.805. The third-order valence-corrected chi connectivity index (χ3v) is 9.54. The second-order valence-electron chi connectivity index (χ2n) is 10.9. The molecule has 0 N–H and O–H groups in total. The summed E-state index contributed by atoms with van der Waals surface area (Å²) in [6, 6.07) is 19.4. The molecule has 21 heteroatoms. The van der Waals surface area contributed by atoms with Crippen molar-refractivity contribution < 1.29 is 9.59 Å². The van der Waals surface area contributed by atoms with Crippen LogP contribution in [0.5, 0.6) is 0 Å². The lowest BCUT2D eigenvalue weighted by Gasteiger charge is -2.35. The van der Waals surface area contributed by atoms with Gasteiger partial charge in [0.05, 0.1) is 61.1 Å². The number of carbonyl (C=O) groups excluding carboxylic acids is 2. The van der Waals surface area contributed by atoms with E-state index in [4.69, 9.17) is 46.4 Å². The first-order valence-electron chi connectivity index (χ1n) is 14.2. The molecule has 53 heavy (non-hydrogen) atoms. The van der Waals surface area contributed by atoms with Crippen molar-refractivity contribution in [1.29, 1.82) is 0 Å². The van der Waals surface area contributed by atoms with Gasteiger partial charge in [-0.1, -0.05) is 97.0 Å². The van der Waals surface area contributed by atoms with E-state index in [0.29, 0.717) is 61.1 Å². The molecule has 4 aromatic carbocycles.